The molecule has 3 N–H and O–H groups in total. The minimum atomic E-state index is 0.0264. The SMILES string of the molecule is CC(C)(C)c1ccc(N(C=O)c2cccnc2Nc2ccc3cn[nH]c3c2)cc1CCCC1CCCNC1. The Morgan fingerprint density at radius 3 is 2.84 bits per heavy atom. The first-order valence-electron chi connectivity index (χ1n) is 13.7. The van der Waals surface area contributed by atoms with Crippen LogP contribution in [0.1, 0.15) is 57.6 Å². The second-order valence-electron chi connectivity index (χ2n) is 11.3. The summed E-state index contributed by atoms with van der Waals surface area (Å²) in [6.45, 7) is 9.06. The van der Waals surface area contributed by atoms with Crippen LogP contribution in [0.3, 0.4) is 0 Å². The number of carbonyl (C=O) groups is 1. The molecular formula is C31H38N6O. The molecule has 0 radical (unpaired) electrons. The summed E-state index contributed by atoms with van der Waals surface area (Å²) in [5.74, 6) is 1.38. The maximum Gasteiger partial charge on any atom is 0.218 e. The van der Waals surface area contributed by atoms with Gasteiger partial charge < -0.3 is 10.6 Å². The number of nitrogens with one attached hydrogen (secondary N) is 3. The molecule has 38 heavy (non-hydrogen) atoms. The zero-order valence-electron chi connectivity index (χ0n) is 22.6. The monoisotopic (exact) mass is 510 g/mol. The topological polar surface area (TPSA) is 85.9 Å². The number of benzene rings is 2. The fraction of sp³-hybridized carbons (Fsp3) is 0.387. The average Bonchev–Trinajstić information content (AvgIpc) is 3.38. The largest absolute Gasteiger partial charge is 0.338 e. The molecule has 1 fully saturated rings. The molecule has 4 aromatic rings. The van der Waals surface area contributed by atoms with Gasteiger partial charge in [-0.2, -0.15) is 5.10 Å². The molecule has 1 atom stereocenters. The highest BCUT2D eigenvalue weighted by atomic mass is 16.1. The lowest BCUT2D eigenvalue weighted by Crippen LogP contribution is -2.29. The van der Waals surface area contributed by atoms with Crippen molar-refractivity contribution in [2.45, 2.75) is 58.3 Å². The summed E-state index contributed by atoms with van der Waals surface area (Å²) < 4.78 is 0. The Kier molecular flexibility index (Phi) is 7.74. The zero-order valence-corrected chi connectivity index (χ0v) is 22.6. The third kappa shape index (κ3) is 5.89. The molecule has 1 saturated heterocycles. The highest BCUT2D eigenvalue weighted by molar-refractivity contribution is 5.92. The summed E-state index contributed by atoms with van der Waals surface area (Å²) in [5, 5.41) is 15.1. The number of H-pyrrole nitrogens is 1. The van der Waals surface area contributed by atoms with Crippen molar-refractivity contribution >= 4 is 40.2 Å². The van der Waals surface area contributed by atoms with Gasteiger partial charge in [0.2, 0.25) is 6.41 Å². The van der Waals surface area contributed by atoms with Crippen molar-refractivity contribution in [1.82, 2.24) is 20.5 Å². The summed E-state index contributed by atoms with van der Waals surface area (Å²) in [5.41, 5.74) is 6.04. The number of amides is 1. The van der Waals surface area contributed by atoms with Crippen molar-refractivity contribution in [3.8, 4) is 0 Å². The third-order valence-corrected chi connectivity index (χ3v) is 7.49. The van der Waals surface area contributed by atoms with E-state index >= 15 is 0 Å². The van der Waals surface area contributed by atoms with E-state index in [0.29, 0.717) is 11.5 Å². The molecule has 1 unspecified atom stereocenters. The van der Waals surface area contributed by atoms with Crippen molar-refractivity contribution in [1.29, 1.82) is 0 Å². The van der Waals surface area contributed by atoms with Crippen molar-refractivity contribution in [3.63, 3.8) is 0 Å². The number of aromatic amines is 1. The van der Waals surface area contributed by atoms with Crippen LogP contribution >= 0.6 is 0 Å². The number of aryl methyl sites for hydroxylation is 1. The van der Waals surface area contributed by atoms with Crippen molar-refractivity contribution in [3.05, 3.63) is 72.1 Å². The Morgan fingerprint density at radius 1 is 1.16 bits per heavy atom. The number of anilines is 4. The lowest BCUT2D eigenvalue weighted by atomic mass is 9.81. The van der Waals surface area contributed by atoms with Crippen molar-refractivity contribution in [2.24, 2.45) is 5.92 Å². The smallest absolute Gasteiger partial charge is 0.218 e. The van der Waals surface area contributed by atoms with Crippen LogP contribution in [0.25, 0.3) is 10.9 Å². The molecule has 0 spiro atoms. The Bertz CT molecular complexity index is 1380. The maximum absolute atomic E-state index is 12.5. The normalized spacial score (nSPS) is 15.9. The summed E-state index contributed by atoms with van der Waals surface area (Å²) in [7, 11) is 0. The fourth-order valence-corrected chi connectivity index (χ4v) is 5.52. The van der Waals surface area contributed by atoms with Crippen LogP contribution in [-0.2, 0) is 16.6 Å². The molecular weight excluding hydrogens is 472 g/mol. The van der Waals surface area contributed by atoms with Gasteiger partial charge in [0.05, 0.1) is 17.4 Å². The quantitative estimate of drug-likeness (QED) is 0.220. The standard InChI is InChI=1S/C31H38N6O/c1-31(2,3)27-14-13-26(17-23(27)9-4-7-22-8-5-15-32-19-22)37(21-38)29-10-6-16-33-30(29)35-25-12-11-24-20-34-36-28(24)18-25/h6,10-14,16-18,20-22,32H,4-5,7-9,15,19H2,1-3H3,(H,33,35)(H,34,36). The number of hydrogen-bond acceptors (Lipinski definition) is 5. The molecule has 5 rings (SSSR count). The molecule has 0 aliphatic carbocycles. The molecule has 0 saturated carbocycles. The predicted octanol–water partition coefficient (Wildman–Crippen LogP) is 6.62. The van der Waals surface area contributed by atoms with Crippen LogP contribution in [0.2, 0.25) is 0 Å². The fourth-order valence-electron chi connectivity index (χ4n) is 5.52. The lowest BCUT2D eigenvalue weighted by molar-refractivity contribution is -0.106. The van der Waals surface area contributed by atoms with Crippen LogP contribution in [0.5, 0.6) is 0 Å². The van der Waals surface area contributed by atoms with Gasteiger partial charge in [-0.15, -0.1) is 0 Å². The van der Waals surface area contributed by atoms with Crippen LogP contribution in [0, 0.1) is 5.92 Å². The zero-order chi connectivity index (χ0) is 26.5. The molecule has 1 amide bonds. The summed E-state index contributed by atoms with van der Waals surface area (Å²) >= 11 is 0. The molecule has 1 aliphatic rings. The van der Waals surface area contributed by atoms with E-state index in [0.717, 1.165) is 60.5 Å². The van der Waals surface area contributed by atoms with Crippen LogP contribution < -0.4 is 15.5 Å². The lowest BCUT2D eigenvalue weighted by Gasteiger charge is -2.27. The van der Waals surface area contributed by atoms with Gasteiger partial charge in [-0.05, 0) is 110 Å². The molecule has 7 nitrogen and oxygen atoms in total. The van der Waals surface area contributed by atoms with E-state index in [1.54, 1.807) is 17.3 Å². The molecule has 1 aliphatic heterocycles. The molecule has 0 bridgehead atoms. The highest BCUT2D eigenvalue weighted by Crippen LogP contribution is 2.36. The van der Waals surface area contributed by atoms with Crippen LogP contribution in [0.15, 0.2) is 60.9 Å². The van der Waals surface area contributed by atoms with Gasteiger partial charge in [-0.3, -0.25) is 14.8 Å². The van der Waals surface area contributed by atoms with Gasteiger partial charge in [0.1, 0.15) is 0 Å². The molecule has 2 aromatic heterocycles. The van der Waals surface area contributed by atoms with Crippen LogP contribution in [-0.4, -0.2) is 34.7 Å². The molecule has 198 valence electrons. The van der Waals surface area contributed by atoms with E-state index < -0.39 is 0 Å². The van der Waals surface area contributed by atoms with E-state index in [4.69, 9.17) is 0 Å². The van der Waals surface area contributed by atoms with Gasteiger partial charge in [0.25, 0.3) is 0 Å². The van der Waals surface area contributed by atoms with Gasteiger partial charge in [0.15, 0.2) is 5.82 Å². The van der Waals surface area contributed by atoms with E-state index in [9.17, 15) is 4.79 Å². The van der Waals surface area contributed by atoms with Gasteiger partial charge >= 0.3 is 0 Å². The first-order valence-corrected chi connectivity index (χ1v) is 13.7. The van der Waals surface area contributed by atoms with Crippen LogP contribution in [0.4, 0.5) is 22.9 Å². The number of fused-ring (bicyclic) bond motifs is 1. The van der Waals surface area contributed by atoms with E-state index in [2.05, 4.69) is 64.8 Å². The Labute approximate surface area is 225 Å². The first kappa shape index (κ1) is 25.9. The summed E-state index contributed by atoms with van der Waals surface area (Å²) in [6, 6.07) is 16.2. The predicted molar refractivity (Wildman–Crippen MR) is 155 cm³/mol. The highest BCUT2D eigenvalue weighted by Gasteiger charge is 2.21. The Hall–Kier alpha value is -3.71. The number of nitrogens with zero attached hydrogens (tertiary/aromatic N) is 3. The number of hydrogen-bond donors (Lipinski definition) is 3. The minimum absolute atomic E-state index is 0.0264. The van der Waals surface area contributed by atoms with E-state index in [1.165, 1.54) is 30.4 Å². The number of rotatable bonds is 9. The second-order valence-corrected chi connectivity index (χ2v) is 11.3. The summed E-state index contributed by atoms with van der Waals surface area (Å²) in [6.07, 6.45) is 10.4. The van der Waals surface area contributed by atoms with Gasteiger partial charge in [-0.25, -0.2) is 4.98 Å². The average molecular weight is 511 g/mol. The Morgan fingerprint density at radius 2 is 2.05 bits per heavy atom. The minimum Gasteiger partial charge on any atom is -0.338 e. The van der Waals surface area contributed by atoms with Crippen molar-refractivity contribution < 1.29 is 4.79 Å². The third-order valence-electron chi connectivity index (χ3n) is 7.49. The molecule has 2 aromatic carbocycles. The summed E-state index contributed by atoms with van der Waals surface area (Å²) in [4.78, 5) is 18.8. The second kappa shape index (κ2) is 11.4. The van der Waals surface area contributed by atoms with Gasteiger partial charge in [-0.1, -0.05) is 26.8 Å². The number of aromatic nitrogens is 3. The number of carbonyl (C=O) groups excluding carboxylic acids is 1. The first-order chi connectivity index (χ1) is 18.4. The van der Waals surface area contributed by atoms with Gasteiger partial charge in [0, 0.05) is 23.0 Å². The number of pyridine rings is 1. The molecule has 7 heteroatoms. The van der Waals surface area contributed by atoms with E-state index in [1.807, 2.05) is 30.3 Å². The molecule has 3 heterocycles. The Balaban J connectivity index is 1.41. The maximum atomic E-state index is 12.5. The van der Waals surface area contributed by atoms with E-state index in [-0.39, 0.29) is 5.41 Å². The van der Waals surface area contributed by atoms with Crippen molar-refractivity contribution in [2.75, 3.05) is 23.3 Å². The number of piperidine rings is 1.